The molecule has 0 saturated carbocycles. The molecule has 0 bridgehead atoms. The number of anilines is 6. The van der Waals surface area contributed by atoms with E-state index < -0.39 is 0 Å². The van der Waals surface area contributed by atoms with E-state index in [9.17, 15) is 0 Å². The van der Waals surface area contributed by atoms with Crippen LogP contribution in [0.3, 0.4) is 0 Å². The van der Waals surface area contributed by atoms with Gasteiger partial charge in [0.05, 0.1) is 0 Å². The largest absolute Gasteiger partial charge is 0.456 e. The van der Waals surface area contributed by atoms with Crippen molar-refractivity contribution < 1.29 is 8.83 Å². The Morgan fingerprint density at radius 1 is 0.186 bits per heavy atom. The molecule has 0 amide bonds. The summed E-state index contributed by atoms with van der Waals surface area (Å²) in [5.41, 5.74) is 19.4. The quantitative estimate of drug-likeness (QED) is 0.137. The molecule has 0 atom stereocenters. The smallest absolute Gasteiger partial charge is 0.135 e. The molecular weight excluding hydrogens is 853 g/mol. The minimum atomic E-state index is 0.869. The number of hydrogen-bond acceptors (Lipinski definition) is 4. The lowest BCUT2D eigenvalue weighted by atomic mass is 9.99. The summed E-state index contributed by atoms with van der Waals surface area (Å²) in [6.07, 6.45) is 0. The van der Waals surface area contributed by atoms with Crippen molar-refractivity contribution in [1.29, 1.82) is 0 Å². The van der Waals surface area contributed by atoms with Crippen LogP contribution in [0.4, 0.5) is 34.1 Å². The van der Waals surface area contributed by atoms with Crippen LogP contribution in [-0.2, 0) is 0 Å². The molecule has 13 rings (SSSR count). The highest BCUT2D eigenvalue weighted by Crippen LogP contribution is 2.42. The Morgan fingerprint density at radius 2 is 0.443 bits per heavy atom. The van der Waals surface area contributed by atoms with Crippen LogP contribution < -0.4 is 9.80 Å². The lowest BCUT2D eigenvalue weighted by molar-refractivity contribution is 0.668. The zero-order chi connectivity index (χ0) is 46.4. The first-order valence-electron chi connectivity index (χ1n) is 23.7. The summed E-state index contributed by atoms with van der Waals surface area (Å²) >= 11 is 0. The van der Waals surface area contributed by atoms with Crippen molar-refractivity contribution in [2.75, 3.05) is 9.80 Å². The monoisotopic (exact) mass is 896 g/mol. The minimum absolute atomic E-state index is 0.869. The molecule has 4 nitrogen and oxygen atoms in total. The molecule has 0 fully saturated rings. The van der Waals surface area contributed by atoms with E-state index in [1.54, 1.807) is 0 Å². The van der Waals surface area contributed by atoms with Crippen LogP contribution in [0.2, 0.25) is 0 Å². The van der Waals surface area contributed by atoms with Crippen molar-refractivity contribution in [3.63, 3.8) is 0 Å². The number of rotatable bonds is 10. The first-order chi connectivity index (χ1) is 34.7. The normalized spacial score (nSPS) is 11.4. The maximum absolute atomic E-state index is 6.24. The first-order valence-corrected chi connectivity index (χ1v) is 23.7. The number of benzene rings is 11. The van der Waals surface area contributed by atoms with Gasteiger partial charge in [0.15, 0.2) is 0 Å². The average molecular weight is 897 g/mol. The number of hydrogen-bond donors (Lipinski definition) is 0. The maximum Gasteiger partial charge on any atom is 0.135 e. The molecule has 13 aromatic rings. The summed E-state index contributed by atoms with van der Waals surface area (Å²) in [5, 5.41) is 4.37. The Balaban J connectivity index is 0.774. The average Bonchev–Trinajstić information content (AvgIpc) is 4.00. The van der Waals surface area contributed by atoms with E-state index in [0.29, 0.717) is 0 Å². The second-order valence-electron chi connectivity index (χ2n) is 17.7. The van der Waals surface area contributed by atoms with Gasteiger partial charge in [-0.3, -0.25) is 0 Å². The third kappa shape index (κ3) is 7.54. The van der Waals surface area contributed by atoms with Gasteiger partial charge in [-0.2, -0.15) is 0 Å². The van der Waals surface area contributed by atoms with Gasteiger partial charge in [-0.25, -0.2) is 0 Å². The molecule has 11 aromatic carbocycles. The van der Waals surface area contributed by atoms with Gasteiger partial charge in [0.25, 0.3) is 0 Å². The molecule has 2 aromatic heterocycles. The van der Waals surface area contributed by atoms with Gasteiger partial charge in [0, 0.05) is 55.7 Å². The molecule has 0 spiro atoms. The highest BCUT2D eigenvalue weighted by molar-refractivity contribution is 6.08. The fourth-order valence-corrected chi connectivity index (χ4v) is 9.93. The van der Waals surface area contributed by atoms with Crippen LogP contribution >= 0.6 is 0 Å². The second-order valence-corrected chi connectivity index (χ2v) is 17.7. The van der Waals surface area contributed by atoms with Crippen molar-refractivity contribution in [2.45, 2.75) is 0 Å². The number of para-hydroxylation sites is 3. The third-order valence-corrected chi connectivity index (χ3v) is 13.5. The fourth-order valence-electron chi connectivity index (χ4n) is 9.93. The van der Waals surface area contributed by atoms with E-state index in [1.165, 1.54) is 22.3 Å². The Hall–Kier alpha value is -9.38. The lowest BCUT2D eigenvalue weighted by Gasteiger charge is -2.26. The predicted octanol–water partition coefficient (Wildman–Crippen LogP) is 19.1. The zero-order valence-electron chi connectivity index (χ0n) is 38.1. The van der Waals surface area contributed by atoms with Crippen LogP contribution in [-0.4, -0.2) is 0 Å². The maximum atomic E-state index is 6.24. The summed E-state index contributed by atoms with van der Waals surface area (Å²) in [4.78, 5) is 4.63. The molecule has 0 saturated heterocycles. The molecule has 0 aliphatic heterocycles. The van der Waals surface area contributed by atoms with Crippen LogP contribution in [0.15, 0.2) is 276 Å². The van der Waals surface area contributed by atoms with Gasteiger partial charge in [0.1, 0.15) is 22.3 Å². The summed E-state index contributed by atoms with van der Waals surface area (Å²) in [5.74, 6) is 0. The molecule has 0 unspecified atom stereocenters. The summed E-state index contributed by atoms with van der Waals surface area (Å²) < 4.78 is 12.5. The fraction of sp³-hybridized carbons (Fsp3) is 0. The minimum Gasteiger partial charge on any atom is -0.456 e. The van der Waals surface area contributed by atoms with E-state index in [2.05, 4.69) is 252 Å². The predicted molar refractivity (Wildman–Crippen MR) is 292 cm³/mol. The van der Waals surface area contributed by atoms with Crippen molar-refractivity contribution >= 4 is 78.0 Å². The summed E-state index contributed by atoms with van der Waals surface area (Å²) in [7, 11) is 0. The SMILES string of the molecule is c1ccc(-c2ccc(-c3ccc(N(c4ccccc4)c4ccc(-c5ccc(-c6ccc(N(c7ccc8oc9ccccc9c8c7)c7ccc8oc9ccccc9c8c7)cc6)cc5)cc4)cc3)cc2)cc1. The van der Waals surface area contributed by atoms with Gasteiger partial charge >= 0.3 is 0 Å². The molecule has 2 heterocycles. The molecule has 0 aliphatic carbocycles. The molecule has 330 valence electrons. The van der Waals surface area contributed by atoms with E-state index in [1.807, 2.05) is 24.3 Å². The highest BCUT2D eigenvalue weighted by atomic mass is 16.3. The van der Waals surface area contributed by atoms with Crippen molar-refractivity contribution in [2.24, 2.45) is 0 Å². The van der Waals surface area contributed by atoms with Crippen LogP contribution in [0.1, 0.15) is 0 Å². The van der Waals surface area contributed by atoms with Crippen LogP contribution in [0, 0.1) is 0 Å². The van der Waals surface area contributed by atoms with Crippen LogP contribution in [0.25, 0.3) is 88.4 Å². The number of fused-ring (bicyclic) bond motifs is 6. The van der Waals surface area contributed by atoms with E-state index in [-0.39, 0.29) is 0 Å². The van der Waals surface area contributed by atoms with Gasteiger partial charge in [0.2, 0.25) is 0 Å². The second kappa shape index (κ2) is 17.4. The topological polar surface area (TPSA) is 32.8 Å². The van der Waals surface area contributed by atoms with Gasteiger partial charge in [-0.1, -0.05) is 170 Å². The Morgan fingerprint density at radius 3 is 0.829 bits per heavy atom. The third-order valence-electron chi connectivity index (χ3n) is 13.5. The number of nitrogens with zero attached hydrogens (tertiary/aromatic N) is 2. The first kappa shape index (κ1) is 40.9. The van der Waals surface area contributed by atoms with Gasteiger partial charge in [-0.05, 0) is 142 Å². The van der Waals surface area contributed by atoms with Gasteiger partial charge < -0.3 is 18.6 Å². The van der Waals surface area contributed by atoms with Crippen molar-refractivity contribution in [3.8, 4) is 44.5 Å². The highest BCUT2D eigenvalue weighted by Gasteiger charge is 2.19. The van der Waals surface area contributed by atoms with E-state index in [0.717, 1.165) is 100 Å². The van der Waals surface area contributed by atoms with E-state index in [4.69, 9.17) is 8.83 Å². The molecular formula is C66H44N2O2. The standard InChI is InChI=1S/C66H44N2O2/c1-3-11-45(12-4-1)46-19-21-47(22-20-46)50-27-33-54(34-28-50)67(53-13-5-2-6-14-53)55-35-29-51(30-36-55)48-23-25-49(26-24-48)52-31-37-56(38-32-52)68(57-39-41-65-61(43-57)59-15-7-9-17-63(59)69-65)58-40-42-66-62(44-58)60-16-8-10-18-64(60)70-66/h1-44H. The van der Waals surface area contributed by atoms with Crippen molar-refractivity contribution in [1.82, 2.24) is 0 Å². The Kier molecular flexibility index (Phi) is 10.1. The summed E-state index contributed by atoms with van der Waals surface area (Å²) in [6.45, 7) is 0. The zero-order valence-corrected chi connectivity index (χ0v) is 38.1. The summed E-state index contributed by atoms with van der Waals surface area (Å²) in [6, 6.07) is 94.8. The van der Waals surface area contributed by atoms with Crippen LogP contribution in [0.5, 0.6) is 0 Å². The number of furan rings is 2. The Bertz CT molecular complexity index is 3840. The lowest BCUT2D eigenvalue weighted by Crippen LogP contribution is -2.09. The molecule has 0 aliphatic rings. The van der Waals surface area contributed by atoms with E-state index >= 15 is 0 Å². The molecule has 0 radical (unpaired) electrons. The molecule has 70 heavy (non-hydrogen) atoms. The van der Waals surface area contributed by atoms with Crippen molar-refractivity contribution in [3.05, 3.63) is 267 Å². The van der Waals surface area contributed by atoms with Gasteiger partial charge in [-0.15, -0.1) is 0 Å². The Labute approximate surface area is 406 Å². The molecule has 4 heteroatoms. The molecule has 0 N–H and O–H groups in total.